The lowest BCUT2D eigenvalue weighted by Crippen LogP contribution is -1.89. The van der Waals surface area contributed by atoms with Gasteiger partial charge in [0.15, 0.2) is 0 Å². The Morgan fingerprint density at radius 2 is 2.42 bits per heavy atom. The van der Waals surface area contributed by atoms with Gasteiger partial charge in [0.2, 0.25) is 0 Å². The van der Waals surface area contributed by atoms with Crippen LogP contribution in [0.5, 0.6) is 0 Å². The lowest BCUT2D eigenvalue weighted by atomic mass is 10.3. The number of aromatic nitrogens is 2. The van der Waals surface area contributed by atoms with E-state index >= 15 is 0 Å². The minimum atomic E-state index is -0.329. The molecule has 0 aliphatic carbocycles. The topological polar surface area (TPSA) is 37.5 Å². The fourth-order valence-electron chi connectivity index (χ4n) is 1.11. The fourth-order valence-corrected chi connectivity index (χ4v) is 1.11. The van der Waals surface area contributed by atoms with Gasteiger partial charge in [0, 0.05) is 6.20 Å². The Bertz CT molecular complexity index is 410. The first-order valence-corrected chi connectivity index (χ1v) is 3.55. The summed E-state index contributed by atoms with van der Waals surface area (Å²) in [6.45, 7) is -0.166. The molecule has 62 valence electrons. The van der Waals surface area contributed by atoms with Crippen LogP contribution in [-0.4, -0.2) is 14.7 Å². The molecule has 0 radical (unpaired) electrons. The number of rotatable bonds is 1. The summed E-state index contributed by atoms with van der Waals surface area (Å²) in [7, 11) is 0. The zero-order valence-corrected chi connectivity index (χ0v) is 6.24. The Hall–Kier alpha value is -1.42. The quantitative estimate of drug-likeness (QED) is 0.685. The molecular weight excluding hydrogens is 159 g/mol. The van der Waals surface area contributed by atoms with Crippen molar-refractivity contribution in [1.82, 2.24) is 9.61 Å². The number of pyridine rings is 1. The van der Waals surface area contributed by atoms with Crippen molar-refractivity contribution in [3.63, 3.8) is 0 Å². The molecule has 0 amide bonds. The number of fused-ring (bicyclic) bond motifs is 1. The molecule has 4 heteroatoms. The van der Waals surface area contributed by atoms with E-state index in [2.05, 4.69) is 5.10 Å². The molecule has 1 N–H and O–H groups in total. The zero-order valence-electron chi connectivity index (χ0n) is 6.24. The molecule has 0 saturated carbocycles. The maximum atomic E-state index is 13.0. The summed E-state index contributed by atoms with van der Waals surface area (Å²) >= 11 is 0. The minimum absolute atomic E-state index is 0.166. The molecular formula is C8H7FN2O. The number of halogens is 1. The van der Waals surface area contributed by atoms with Gasteiger partial charge in [-0.3, -0.25) is 0 Å². The van der Waals surface area contributed by atoms with E-state index in [9.17, 15) is 4.39 Å². The second-order valence-corrected chi connectivity index (χ2v) is 2.48. The van der Waals surface area contributed by atoms with Crippen LogP contribution in [0.3, 0.4) is 0 Å². The van der Waals surface area contributed by atoms with Crippen LogP contribution in [0.2, 0.25) is 0 Å². The molecule has 0 fully saturated rings. The highest BCUT2D eigenvalue weighted by Crippen LogP contribution is 2.10. The first-order valence-electron chi connectivity index (χ1n) is 3.55. The van der Waals surface area contributed by atoms with E-state index in [1.54, 1.807) is 12.3 Å². The van der Waals surface area contributed by atoms with Crippen LogP contribution in [0.25, 0.3) is 5.52 Å². The number of hydrogen-bond acceptors (Lipinski definition) is 2. The van der Waals surface area contributed by atoms with Gasteiger partial charge in [0.25, 0.3) is 0 Å². The van der Waals surface area contributed by atoms with Crippen molar-refractivity contribution in [3.8, 4) is 0 Å². The number of aliphatic hydroxyl groups is 1. The predicted molar refractivity (Wildman–Crippen MR) is 41.1 cm³/mol. The first-order chi connectivity index (χ1) is 5.81. The van der Waals surface area contributed by atoms with E-state index in [-0.39, 0.29) is 12.4 Å². The summed E-state index contributed by atoms with van der Waals surface area (Å²) < 4.78 is 14.4. The molecule has 2 heterocycles. The third-order valence-electron chi connectivity index (χ3n) is 1.66. The predicted octanol–water partition coefficient (Wildman–Crippen LogP) is 0.966. The maximum absolute atomic E-state index is 13.0. The van der Waals surface area contributed by atoms with E-state index in [1.807, 2.05) is 0 Å². The standard InChI is InChI=1S/C8H7FN2O/c9-7-2-1-3-11-8(7)4-6(5-12)10-11/h1-4,12H,5H2. The molecule has 12 heavy (non-hydrogen) atoms. The average molecular weight is 166 g/mol. The van der Waals surface area contributed by atoms with Crippen LogP contribution in [0.1, 0.15) is 5.69 Å². The van der Waals surface area contributed by atoms with Gasteiger partial charge < -0.3 is 5.11 Å². The molecule has 3 nitrogen and oxygen atoms in total. The van der Waals surface area contributed by atoms with Gasteiger partial charge in [-0.05, 0) is 18.2 Å². The minimum Gasteiger partial charge on any atom is -0.390 e. The molecule has 0 aliphatic rings. The molecule has 2 aromatic rings. The Morgan fingerprint density at radius 3 is 3.08 bits per heavy atom. The Labute approximate surface area is 68.1 Å². The van der Waals surface area contributed by atoms with E-state index in [0.717, 1.165) is 0 Å². The van der Waals surface area contributed by atoms with Crippen LogP contribution in [-0.2, 0) is 6.61 Å². The van der Waals surface area contributed by atoms with Gasteiger partial charge in [-0.2, -0.15) is 5.10 Å². The fraction of sp³-hybridized carbons (Fsp3) is 0.125. The highest BCUT2D eigenvalue weighted by atomic mass is 19.1. The second-order valence-electron chi connectivity index (χ2n) is 2.48. The largest absolute Gasteiger partial charge is 0.390 e. The van der Waals surface area contributed by atoms with Gasteiger partial charge in [0.05, 0.1) is 12.3 Å². The Kier molecular flexibility index (Phi) is 1.55. The molecule has 0 saturated heterocycles. The lowest BCUT2D eigenvalue weighted by Gasteiger charge is -1.91. The number of aliphatic hydroxyl groups excluding tert-OH is 1. The summed E-state index contributed by atoms with van der Waals surface area (Å²) in [6, 6.07) is 4.45. The average Bonchev–Trinajstić information content (AvgIpc) is 2.49. The van der Waals surface area contributed by atoms with Crippen LogP contribution >= 0.6 is 0 Å². The molecule has 0 aromatic carbocycles. The highest BCUT2D eigenvalue weighted by molar-refractivity contribution is 5.48. The van der Waals surface area contributed by atoms with Crippen molar-refractivity contribution >= 4 is 5.52 Å². The van der Waals surface area contributed by atoms with Crippen LogP contribution in [0.4, 0.5) is 4.39 Å². The van der Waals surface area contributed by atoms with E-state index in [1.165, 1.54) is 16.6 Å². The van der Waals surface area contributed by atoms with Crippen LogP contribution in [0.15, 0.2) is 24.4 Å². The van der Waals surface area contributed by atoms with Gasteiger partial charge in [-0.25, -0.2) is 8.91 Å². The third-order valence-corrected chi connectivity index (χ3v) is 1.66. The monoisotopic (exact) mass is 166 g/mol. The number of nitrogens with zero attached hydrogens (tertiary/aromatic N) is 2. The van der Waals surface area contributed by atoms with E-state index in [0.29, 0.717) is 11.2 Å². The lowest BCUT2D eigenvalue weighted by molar-refractivity contribution is 0.276. The number of hydrogen-bond donors (Lipinski definition) is 1. The molecule has 0 bridgehead atoms. The third kappa shape index (κ3) is 0.967. The van der Waals surface area contributed by atoms with Crippen LogP contribution in [0, 0.1) is 5.82 Å². The Balaban J connectivity index is 2.74. The summed E-state index contributed by atoms with van der Waals surface area (Å²) in [5, 5.41) is 12.6. The van der Waals surface area contributed by atoms with E-state index < -0.39 is 0 Å². The maximum Gasteiger partial charge on any atom is 0.148 e. The molecule has 0 spiro atoms. The summed E-state index contributed by atoms with van der Waals surface area (Å²) in [5.41, 5.74) is 0.863. The molecule has 0 atom stereocenters. The van der Waals surface area contributed by atoms with E-state index in [4.69, 9.17) is 5.11 Å². The van der Waals surface area contributed by atoms with Crippen molar-refractivity contribution < 1.29 is 9.50 Å². The van der Waals surface area contributed by atoms with Gasteiger partial charge in [-0.15, -0.1) is 0 Å². The molecule has 0 unspecified atom stereocenters. The van der Waals surface area contributed by atoms with Crippen molar-refractivity contribution in [1.29, 1.82) is 0 Å². The highest BCUT2D eigenvalue weighted by Gasteiger charge is 2.03. The van der Waals surface area contributed by atoms with Gasteiger partial charge in [-0.1, -0.05) is 0 Å². The van der Waals surface area contributed by atoms with Crippen molar-refractivity contribution in [3.05, 3.63) is 35.9 Å². The summed E-state index contributed by atoms with van der Waals surface area (Å²) in [6.07, 6.45) is 1.64. The second kappa shape index (κ2) is 2.57. The zero-order chi connectivity index (χ0) is 8.55. The van der Waals surface area contributed by atoms with Crippen molar-refractivity contribution in [2.24, 2.45) is 0 Å². The molecule has 2 rings (SSSR count). The van der Waals surface area contributed by atoms with Gasteiger partial charge >= 0.3 is 0 Å². The first kappa shape index (κ1) is 7.24. The summed E-state index contributed by atoms with van der Waals surface area (Å²) in [5.74, 6) is -0.329. The SMILES string of the molecule is OCc1cc2c(F)cccn2n1. The summed E-state index contributed by atoms with van der Waals surface area (Å²) in [4.78, 5) is 0. The van der Waals surface area contributed by atoms with Crippen molar-refractivity contribution in [2.45, 2.75) is 6.61 Å². The van der Waals surface area contributed by atoms with Crippen molar-refractivity contribution in [2.75, 3.05) is 0 Å². The Morgan fingerprint density at radius 1 is 1.58 bits per heavy atom. The smallest absolute Gasteiger partial charge is 0.148 e. The molecule has 2 aromatic heterocycles. The van der Waals surface area contributed by atoms with Gasteiger partial charge in [0.1, 0.15) is 11.3 Å². The molecule has 0 aliphatic heterocycles. The van der Waals surface area contributed by atoms with Crippen LogP contribution < -0.4 is 0 Å². The normalized spacial score (nSPS) is 10.8.